The number of aromatic hydroxyl groups is 1. The zero-order valence-electron chi connectivity index (χ0n) is 66.5. The number of halogens is 3. The van der Waals surface area contributed by atoms with Gasteiger partial charge in [0.2, 0.25) is 11.4 Å². The van der Waals surface area contributed by atoms with Crippen LogP contribution in [-0.2, 0) is 100 Å². The highest BCUT2D eigenvalue weighted by Gasteiger charge is 2.51. The van der Waals surface area contributed by atoms with Gasteiger partial charge in [-0.25, -0.2) is 4.98 Å². The highest BCUT2D eigenvalue weighted by molar-refractivity contribution is 9.10. The molecule has 6 aromatic heterocycles. The summed E-state index contributed by atoms with van der Waals surface area (Å²) in [7, 11) is 3.60. The summed E-state index contributed by atoms with van der Waals surface area (Å²) < 4.78 is 44.1. The minimum absolute atomic E-state index is 0. The SMILES string of the molecule is C.CC1(C)OB(c2ccc(CCc3ccc(CO)cc3)nc2)OC1(C)C.Cc1cc(OCCN(C)C)c2oc3cc(Oc4ccc(CCc5ccc(CO)cc5)nc4)ccc3c(=O)c2c1.Fc1ccc(Br)cn1.NCc1ccc(CO)cc1.OCc1ccc(CCc2ccc(Br)cn2)cc1.OCc1ccc(CCc2ccc(O)cn2)cc1. The third kappa shape index (κ3) is 29.7. The number of hydrogen-bond acceptors (Lipinski definition) is 19. The first-order chi connectivity index (χ1) is 55.9. The van der Waals surface area contributed by atoms with E-state index in [1.165, 1.54) is 40.7 Å². The Kier molecular flexibility index (Phi) is 36.8. The zero-order valence-corrected chi connectivity index (χ0v) is 69.7. The average molecular weight is 1710 g/mol. The average Bonchev–Trinajstić information content (AvgIpc) is 1.47. The summed E-state index contributed by atoms with van der Waals surface area (Å²) in [6.07, 6.45) is 15.4. The van der Waals surface area contributed by atoms with Crippen LogP contribution in [0.15, 0.2) is 261 Å². The van der Waals surface area contributed by atoms with Gasteiger partial charge in [-0.15, -0.1) is 0 Å². The second-order valence-corrected chi connectivity index (χ2v) is 30.8. The van der Waals surface area contributed by atoms with Gasteiger partial charge in [0.15, 0.2) is 11.3 Å². The van der Waals surface area contributed by atoms with Gasteiger partial charge in [-0.2, -0.15) is 4.39 Å². The number of rotatable bonds is 25. The predicted octanol–water partition coefficient (Wildman–Crippen LogP) is 16.8. The fourth-order valence-corrected chi connectivity index (χ4v) is 12.1. The van der Waals surface area contributed by atoms with Crippen molar-refractivity contribution < 1.29 is 58.2 Å². The van der Waals surface area contributed by atoms with Crippen molar-refractivity contribution in [2.45, 2.75) is 144 Å². The molecule has 13 aromatic rings. The molecule has 0 spiro atoms. The van der Waals surface area contributed by atoms with Crippen molar-refractivity contribution in [1.82, 2.24) is 29.8 Å². The molecule has 0 bridgehead atoms. The molecule has 7 heterocycles. The molecule has 0 saturated carbocycles. The summed E-state index contributed by atoms with van der Waals surface area (Å²) in [5, 5.41) is 54.9. The topological polar surface area (TPSA) is 282 Å². The number of aliphatic hydroxyl groups is 5. The summed E-state index contributed by atoms with van der Waals surface area (Å²) >= 11 is 6.49. The van der Waals surface area contributed by atoms with Crippen LogP contribution in [0.4, 0.5) is 4.39 Å². The second-order valence-electron chi connectivity index (χ2n) is 29.0. The Balaban J connectivity index is 0.000000189. The van der Waals surface area contributed by atoms with Crippen LogP contribution < -0.4 is 26.1 Å². The number of benzene rings is 7. The van der Waals surface area contributed by atoms with Crippen molar-refractivity contribution >= 4 is 66.4 Å². The van der Waals surface area contributed by atoms with E-state index in [1.54, 1.807) is 36.5 Å². The lowest BCUT2D eigenvalue weighted by Crippen LogP contribution is -2.41. The third-order valence-corrected chi connectivity index (χ3v) is 20.2. The zero-order chi connectivity index (χ0) is 83.0. The van der Waals surface area contributed by atoms with Gasteiger partial charge in [0.1, 0.15) is 29.4 Å². The molecule has 117 heavy (non-hydrogen) atoms. The molecule has 1 saturated heterocycles. The molecule has 1 aliphatic rings. The van der Waals surface area contributed by atoms with Crippen molar-refractivity contribution in [3.63, 3.8) is 0 Å². The maximum Gasteiger partial charge on any atom is 0.496 e. The Bertz CT molecular complexity index is 5030. The number of aromatic nitrogens is 5. The first-order valence-corrected chi connectivity index (χ1v) is 39.9. The van der Waals surface area contributed by atoms with Crippen molar-refractivity contribution in [2.24, 2.45) is 5.73 Å². The Morgan fingerprint density at radius 2 is 0.863 bits per heavy atom. The van der Waals surface area contributed by atoms with Crippen LogP contribution in [0.1, 0.15) is 119 Å². The monoisotopic (exact) mass is 1710 g/mol. The first kappa shape index (κ1) is 92.3. The lowest BCUT2D eigenvalue weighted by Gasteiger charge is -2.32. The van der Waals surface area contributed by atoms with Gasteiger partial charge >= 0.3 is 7.12 Å². The molecule has 19 nitrogen and oxygen atoms in total. The highest BCUT2D eigenvalue weighted by Crippen LogP contribution is 2.37. The van der Waals surface area contributed by atoms with E-state index < -0.39 is 5.95 Å². The van der Waals surface area contributed by atoms with Crippen LogP contribution >= 0.6 is 31.9 Å². The fourth-order valence-electron chi connectivity index (χ4n) is 11.6. The molecule has 1 fully saturated rings. The number of aliphatic hydroxyl groups excluding tert-OH is 5. The van der Waals surface area contributed by atoms with E-state index >= 15 is 0 Å². The molecule has 0 atom stereocenters. The number of pyridine rings is 5. The van der Waals surface area contributed by atoms with Crippen molar-refractivity contribution in [2.75, 3.05) is 27.2 Å². The molecule has 23 heteroatoms. The van der Waals surface area contributed by atoms with Crippen LogP contribution in [0.5, 0.6) is 23.0 Å². The molecule has 7 aromatic carbocycles. The first-order valence-electron chi connectivity index (χ1n) is 38.3. The molecule has 1 aliphatic heterocycles. The van der Waals surface area contributed by atoms with E-state index in [-0.39, 0.29) is 70.0 Å². The third-order valence-electron chi connectivity index (χ3n) is 19.3. The normalized spacial score (nSPS) is 12.3. The number of nitrogens with two attached hydrogens (primary N) is 1. The van der Waals surface area contributed by atoms with Gasteiger partial charge in [0.05, 0.1) is 67.4 Å². The second kappa shape index (κ2) is 46.6. The van der Waals surface area contributed by atoms with Crippen molar-refractivity contribution in [1.29, 1.82) is 0 Å². The Hall–Kier alpha value is -10.2. The predicted molar refractivity (Wildman–Crippen MR) is 469 cm³/mol. The molecule has 8 N–H and O–H groups in total. The molecule has 0 radical (unpaired) electrons. The molecular weight excluding hydrogens is 1610 g/mol. The maximum absolute atomic E-state index is 13.3. The molecule has 0 amide bonds. The number of likely N-dealkylation sites (N-methyl/N-ethyl adjacent to an activating group) is 1. The molecule has 0 aliphatic carbocycles. The maximum atomic E-state index is 13.3. The quantitative estimate of drug-likeness (QED) is 0.0159. The molecule has 0 unspecified atom stereocenters. The Morgan fingerprint density at radius 3 is 1.24 bits per heavy atom. The standard InChI is InChI=1S/C32H32N2O5.C20H26BNO3.C14H14BrNO.C14H15NO2.C8H11NO.C5H3BrFN.CH4/c1-21-16-28-31(36)27-13-12-25(18-29(27)39-32(28)30(17-21)37-15-14-34(2)3)38-26-11-10-24(33-19-26)9-8-22-4-6-23(20-35)7-5-22;1-19(2)20(3,4)25-21(24-19)17-10-12-18(22-13-17)11-9-15-5-7-16(14-23)8-6-15;15-13-6-8-14(16-9-13)7-5-11-1-3-12(10-17)4-2-11;16-10-12-3-1-11(2-4-12)5-6-13-7-8-14(17)9-15-13;9-5-7-1-3-8(6-10)4-2-7;6-4-1-2-5(7)8-3-4;/h4-7,10-13,16-19,35H,8-9,14-15,20H2,1-3H3;5-8,10,12-13,23H,9,11,14H2,1-4H3;1-4,6,8-9,17H,5,7,10H2;1-4,7-9,16-17H,5-6,10H2;1-4,10H,5-6,9H2;1-3H;1H4. The fraction of sp³-hybridized carbons (Fsp3) is 0.277. The van der Waals surface area contributed by atoms with Crippen molar-refractivity contribution in [3.8, 4) is 23.0 Å². The van der Waals surface area contributed by atoms with Crippen LogP contribution in [0.3, 0.4) is 0 Å². The number of fused-ring (bicyclic) bond motifs is 2. The number of ether oxygens (including phenoxy) is 2. The van der Waals surface area contributed by atoms with Gasteiger partial charge in [0.25, 0.3) is 0 Å². The summed E-state index contributed by atoms with van der Waals surface area (Å²) in [5.74, 6) is 1.44. The van der Waals surface area contributed by atoms with Gasteiger partial charge in [-0.3, -0.25) is 24.7 Å². The highest BCUT2D eigenvalue weighted by atomic mass is 79.9. The summed E-state index contributed by atoms with van der Waals surface area (Å²) in [4.78, 5) is 36.3. The Morgan fingerprint density at radius 1 is 0.462 bits per heavy atom. The summed E-state index contributed by atoms with van der Waals surface area (Å²) in [5.41, 5.74) is 22.1. The van der Waals surface area contributed by atoms with Gasteiger partial charge in [0, 0.05) is 74.9 Å². The lowest BCUT2D eigenvalue weighted by molar-refractivity contribution is 0.00578. The molecule has 14 rings (SSSR count). The smallest absolute Gasteiger partial charge is 0.496 e. The van der Waals surface area contributed by atoms with Gasteiger partial charge in [-0.1, -0.05) is 135 Å². The Labute approximate surface area is 702 Å². The summed E-state index contributed by atoms with van der Waals surface area (Å²) in [6.45, 7) is 12.4. The van der Waals surface area contributed by atoms with Crippen LogP contribution in [0.25, 0.3) is 21.9 Å². The van der Waals surface area contributed by atoms with Crippen molar-refractivity contribution in [3.05, 3.63) is 352 Å². The van der Waals surface area contributed by atoms with E-state index in [2.05, 4.69) is 109 Å². The van der Waals surface area contributed by atoms with Gasteiger partial charge < -0.3 is 64.5 Å². The van der Waals surface area contributed by atoms with Crippen LogP contribution in [-0.4, -0.2) is 106 Å². The minimum atomic E-state index is -0.451. The largest absolute Gasteiger partial charge is 0.506 e. The van der Waals surface area contributed by atoms with Gasteiger partial charge in [-0.05, 0) is 272 Å². The lowest BCUT2D eigenvalue weighted by atomic mass is 9.80. The molecule has 612 valence electrons. The van der Waals surface area contributed by atoms with Crippen LogP contribution in [0, 0.1) is 12.9 Å². The van der Waals surface area contributed by atoms with E-state index in [0.717, 1.165) is 134 Å². The number of nitrogens with zero attached hydrogens (tertiary/aromatic N) is 6. The van der Waals surface area contributed by atoms with E-state index in [1.807, 2.05) is 190 Å². The summed E-state index contributed by atoms with van der Waals surface area (Å²) in [6, 6.07) is 66.8. The minimum Gasteiger partial charge on any atom is -0.506 e. The van der Waals surface area contributed by atoms with E-state index in [4.69, 9.17) is 54.5 Å². The van der Waals surface area contributed by atoms with E-state index in [0.29, 0.717) is 52.3 Å². The number of hydrogen-bond donors (Lipinski definition) is 7. The van der Waals surface area contributed by atoms with E-state index in [9.17, 15) is 14.3 Å². The molecular formula is C94H105BBr2FN7O12. The van der Waals surface area contributed by atoms with Crippen LogP contribution in [0.2, 0.25) is 0 Å². The number of aryl methyl sites for hydroxylation is 9.